The van der Waals surface area contributed by atoms with Gasteiger partial charge in [-0.15, -0.1) is 0 Å². The van der Waals surface area contributed by atoms with Gasteiger partial charge in [0.15, 0.2) is 0 Å². The first-order chi connectivity index (χ1) is 7.15. The average molecular weight is 209 g/mol. The first-order valence-corrected chi connectivity index (χ1v) is 5.59. The Balaban J connectivity index is 2.22. The Morgan fingerprint density at radius 2 is 2.13 bits per heavy atom. The standard InChI is InChI=1S/C11H19N3O/c1-3-14-10(4-7-12-14)11(15)5-8-13(2)9-6-11/h4,7,15H,3,5-6,8-9H2,1-2H3. The minimum absolute atomic E-state index is 0.668. The maximum atomic E-state index is 10.6. The topological polar surface area (TPSA) is 41.3 Å². The van der Waals surface area contributed by atoms with Gasteiger partial charge in [0.05, 0.1) is 5.69 Å². The van der Waals surface area contributed by atoms with Crippen molar-refractivity contribution in [2.75, 3.05) is 20.1 Å². The quantitative estimate of drug-likeness (QED) is 0.784. The summed E-state index contributed by atoms with van der Waals surface area (Å²) >= 11 is 0. The Hall–Kier alpha value is -0.870. The van der Waals surface area contributed by atoms with Gasteiger partial charge >= 0.3 is 0 Å². The zero-order valence-electron chi connectivity index (χ0n) is 9.48. The van der Waals surface area contributed by atoms with Crippen LogP contribution in [0, 0.1) is 0 Å². The van der Waals surface area contributed by atoms with Gasteiger partial charge in [0, 0.05) is 25.8 Å². The number of nitrogens with zero attached hydrogens (tertiary/aromatic N) is 3. The summed E-state index contributed by atoms with van der Waals surface area (Å²) in [5.74, 6) is 0. The number of hydrogen-bond acceptors (Lipinski definition) is 3. The molecule has 0 radical (unpaired) electrons. The van der Waals surface area contributed by atoms with Crippen LogP contribution in [-0.2, 0) is 12.1 Å². The van der Waals surface area contributed by atoms with Crippen molar-refractivity contribution in [1.82, 2.24) is 14.7 Å². The fourth-order valence-corrected chi connectivity index (χ4v) is 2.22. The zero-order valence-corrected chi connectivity index (χ0v) is 9.48. The third kappa shape index (κ3) is 1.92. The van der Waals surface area contributed by atoms with Crippen LogP contribution in [-0.4, -0.2) is 39.9 Å². The highest BCUT2D eigenvalue weighted by molar-refractivity contribution is 5.13. The maximum Gasteiger partial charge on any atom is 0.109 e. The van der Waals surface area contributed by atoms with E-state index in [0.717, 1.165) is 38.2 Å². The molecular weight excluding hydrogens is 190 g/mol. The number of aromatic nitrogens is 2. The molecule has 1 fully saturated rings. The number of likely N-dealkylation sites (tertiary alicyclic amines) is 1. The third-order valence-electron chi connectivity index (χ3n) is 3.31. The molecule has 15 heavy (non-hydrogen) atoms. The lowest BCUT2D eigenvalue weighted by atomic mass is 9.88. The maximum absolute atomic E-state index is 10.6. The van der Waals surface area contributed by atoms with Crippen LogP contribution in [0.3, 0.4) is 0 Å². The molecule has 4 nitrogen and oxygen atoms in total. The summed E-state index contributed by atoms with van der Waals surface area (Å²) in [6.45, 7) is 4.77. The monoisotopic (exact) mass is 209 g/mol. The molecule has 2 rings (SSSR count). The molecule has 0 spiro atoms. The van der Waals surface area contributed by atoms with Gasteiger partial charge in [-0.3, -0.25) is 4.68 Å². The van der Waals surface area contributed by atoms with Crippen LogP contribution < -0.4 is 0 Å². The second-order valence-corrected chi connectivity index (χ2v) is 4.37. The fourth-order valence-electron chi connectivity index (χ4n) is 2.22. The lowest BCUT2D eigenvalue weighted by Gasteiger charge is -2.36. The first kappa shape index (κ1) is 10.6. The largest absolute Gasteiger partial charge is 0.383 e. The van der Waals surface area contributed by atoms with Crippen LogP contribution in [0.1, 0.15) is 25.5 Å². The summed E-state index contributed by atoms with van der Waals surface area (Å²) < 4.78 is 1.89. The van der Waals surface area contributed by atoms with Crippen LogP contribution in [0.15, 0.2) is 12.3 Å². The molecule has 0 aliphatic carbocycles. The molecule has 0 unspecified atom stereocenters. The Labute approximate surface area is 90.5 Å². The summed E-state index contributed by atoms with van der Waals surface area (Å²) in [6.07, 6.45) is 3.37. The minimum atomic E-state index is -0.668. The van der Waals surface area contributed by atoms with Crippen molar-refractivity contribution in [3.8, 4) is 0 Å². The van der Waals surface area contributed by atoms with Crippen LogP contribution >= 0.6 is 0 Å². The van der Waals surface area contributed by atoms with Gasteiger partial charge in [0.25, 0.3) is 0 Å². The number of hydrogen-bond donors (Lipinski definition) is 1. The Bertz CT molecular complexity index is 326. The predicted octanol–water partition coefficient (Wildman–Crippen LogP) is 0.816. The molecule has 0 aromatic carbocycles. The van der Waals surface area contributed by atoms with Gasteiger partial charge in [-0.2, -0.15) is 5.10 Å². The number of aryl methyl sites for hydroxylation is 1. The van der Waals surface area contributed by atoms with Crippen molar-refractivity contribution < 1.29 is 5.11 Å². The Kier molecular flexibility index (Phi) is 2.80. The van der Waals surface area contributed by atoms with Gasteiger partial charge in [0.2, 0.25) is 0 Å². The second-order valence-electron chi connectivity index (χ2n) is 4.37. The summed E-state index contributed by atoms with van der Waals surface area (Å²) in [4.78, 5) is 2.25. The van der Waals surface area contributed by atoms with E-state index in [0.29, 0.717) is 0 Å². The van der Waals surface area contributed by atoms with Crippen molar-refractivity contribution in [3.05, 3.63) is 18.0 Å². The van der Waals surface area contributed by atoms with Crippen LogP contribution in [0.2, 0.25) is 0 Å². The third-order valence-corrected chi connectivity index (χ3v) is 3.31. The van der Waals surface area contributed by atoms with Crippen LogP contribution in [0.5, 0.6) is 0 Å². The van der Waals surface area contributed by atoms with Crippen LogP contribution in [0.4, 0.5) is 0 Å². The molecule has 0 atom stereocenters. The summed E-state index contributed by atoms with van der Waals surface area (Å²) in [5, 5.41) is 14.8. The normalized spacial score (nSPS) is 21.8. The van der Waals surface area contributed by atoms with E-state index in [1.807, 2.05) is 10.7 Å². The van der Waals surface area contributed by atoms with E-state index in [9.17, 15) is 5.11 Å². The molecule has 2 heterocycles. The van der Waals surface area contributed by atoms with Crippen molar-refractivity contribution in [2.45, 2.75) is 31.9 Å². The molecule has 0 amide bonds. The predicted molar refractivity (Wildman–Crippen MR) is 58.5 cm³/mol. The molecule has 0 saturated carbocycles. The van der Waals surface area contributed by atoms with Crippen molar-refractivity contribution in [2.24, 2.45) is 0 Å². The lowest BCUT2D eigenvalue weighted by molar-refractivity contribution is -0.0273. The Morgan fingerprint density at radius 1 is 1.47 bits per heavy atom. The molecule has 1 saturated heterocycles. The number of piperidine rings is 1. The van der Waals surface area contributed by atoms with E-state index in [1.165, 1.54) is 0 Å². The van der Waals surface area contributed by atoms with Crippen molar-refractivity contribution in [1.29, 1.82) is 0 Å². The van der Waals surface area contributed by atoms with Gasteiger partial charge in [-0.05, 0) is 32.9 Å². The van der Waals surface area contributed by atoms with E-state index in [-0.39, 0.29) is 0 Å². The van der Waals surface area contributed by atoms with Crippen LogP contribution in [0.25, 0.3) is 0 Å². The van der Waals surface area contributed by atoms with E-state index in [4.69, 9.17) is 0 Å². The van der Waals surface area contributed by atoms with E-state index in [1.54, 1.807) is 6.20 Å². The minimum Gasteiger partial charge on any atom is -0.383 e. The zero-order chi connectivity index (χ0) is 10.9. The fraction of sp³-hybridized carbons (Fsp3) is 0.727. The highest BCUT2D eigenvalue weighted by atomic mass is 16.3. The van der Waals surface area contributed by atoms with E-state index in [2.05, 4.69) is 24.0 Å². The molecular formula is C11H19N3O. The summed E-state index contributed by atoms with van der Waals surface area (Å²) in [6, 6.07) is 1.94. The molecule has 1 aromatic rings. The molecule has 1 aliphatic heterocycles. The second kappa shape index (κ2) is 3.94. The van der Waals surface area contributed by atoms with Crippen molar-refractivity contribution in [3.63, 3.8) is 0 Å². The molecule has 0 bridgehead atoms. The van der Waals surface area contributed by atoms with Gasteiger partial charge < -0.3 is 10.0 Å². The van der Waals surface area contributed by atoms with Gasteiger partial charge in [-0.25, -0.2) is 0 Å². The lowest BCUT2D eigenvalue weighted by Crippen LogP contribution is -2.42. The van der Waals surface area contributed by atoms with E-state index < -0.39 is 5.60 Å². The highest BCUT2D eigenvalue weighted by Gasteiger charge is 2.35. The van der Waals surface area contributed by atoms with Gasteiger partial charge in [-0.1, -0.05) is 0 Å². The molecule has 84 valence electrons. The van der Waals surface area contributed by atoms with Crippen molar-refractivity contribution >= 4 is 0 Å². The summed E-state index contributed by atoms with van der Waals surface area (Å²) in [7, 11) is 2.09. The molecule has 1 aliphatic rings. The molecule has 4 heteroatoms. The number of rotatable bonds is 2. The van der Waals surface area contributed by atoms with Gasteiger partial charge in [0.1, 0.15) is 5.60 Å². The SMILES string of the molecule is CCn1nccc1C1(O)CCN(C)CC1. The molecule has 1 aromatic heterocycles. The molecule has 1 N–H and O–H groups in total. The highest BCUT2D eigenvalue weighted by Crippen LogP contribution is 2.31. The summed E-state index contributed by atoms with van der Waals surface area (Å²) in [5.41, 5.74) is 0.303. The average Bonchev–Trinajstić information content (AvgIpc) is 2.71. The first-order valence-electron chi connectivity index (χ1n) is 5.59. The Morgan fingerprint density at radius 3 is 2.73 bits per heavy atom. The smallest absolute Gasteiger partial charge is 0.109 e. The number of aliphatic hydroxyl groups is 1. The van der Waals surface area contributed by atoms with E-state index >= 15 is 0 Å².